The Bertz CT molecular complexity index is 1110. The van der Waals surface area contributed by atoms with Crippen molar-refractivity contribution in [3.8, 4) is 0 Å². The monoisotopic (exact) mass is 574 g/mol. The first kappa shape index (κ1) is 33.3. The maximum atomic E-state index is 12.5. The summed E-state index contributed by atoms with van der Waals surface area (Å²) in [5.74, 6) is -0.0570. The first-order chi connectivity index (χ1) is 19.3. The topological polar surface area (TPSA) is 109 Å². The molecule has 232 valence electrons. The first-order valence-corrected chi connectivity index (χ1v) is 15.3. The van der Waals surface area contributed by atoms with Gasteiger partial charge in [0.05, 0.1) is 30.0 Å². The number of hydrogen-bond donors (Lipinski definition) is 3. The van der Waals surface area contributed by atoms with Gasteiger partial charge in [0.1, 0.15) is 5.72 Å². The number of amides is 1. The van der Waals surface area contributed by atoms with Crippen LogP contribution >= 0.6 is 0 Å². The van der Waals surface area contributed by atoms with Crippen molar-refractivity contribution in [1.29, 1.82) is 0 Å². The number of carbonyl (C=O) groups is 1. The lowest BCUT2D eigenvalue weighted by Gasteiger charge is -2.35. The van der Waals surface area contributed by atoms with E-state index in [4.69, 9.17) is 9.47 Å². The molecule has 9 nitrogen and oxygen atoms in total. The molecule has 1 aliphatic rings. The zero-order valence-corrected chi connectivity index (χ0v) is 26.5. The Hall–Kier alpha value is -2.20. The summed E-state index contributed by atoms with van der Waals surface area (Å²) in [5.41, 5.74) is 0.987. The van der Waals surface area contributed by atoms with E-state index in [2.05, 4.69) is 45.0 Å². The second-order valence-electron chi connectivity index (χ2n) is 13.3. The molecule has 1 aliphatic heterocycles. The van der Waals surface area contributed by atoms with Crippen LogP contribution in [-0.4, -0.2) is 75.7 Å². The van der Waals surface area contributed by atoms with Crippen molar-refractivity contribution < 1.29 is 24.5 Å². The largest absolute Gasteiger partial charge is 0.465 e. The van der Waals surface area contributed by atoms with Crippen LogP contribution in [-0.2, 0) is 16.0 Å². The Labute approximate surface area is 246 Å². The van der Waals surface area contributed by atoms with Gasteiger partial charge in [0.25, 0.3) is 0 Å². The molecule has 0 aliphatic carbocycles. The lowest BCUT2D eigenvalue weighted by Crippen LogP contribution is -2.49. The van der Waals surface area contributed by atoms with E-state index in [-0.39, 0.29) is 29.4 Å². The third-order valence-electron chi connectivity index (χ3n) is 8.65. The number of aromatic nitrogens is 2. The van der Waals surface area contributed by atoms with Gasteiger partial charge < -0.3 is 25.0 Å². The molecule has 3 unspecified atom stereocenters. The number of carboxylic acid groups (broad SMARTS) is 1. The summed E-state index contributed by atoms with van der Waals surface area (Å²) in [5, 5.41) is 31.1. The number of aryl methyl sites for hydroxylation is 1. The van der Waals surface area contributed by atoms with Crippen molar-refractivity contribution >= 4 is 17.0 Å². The fourth-order valence-electron chi connectivity index (χ4n) is 6.27. The van der Waals surface area contributed by atoms with Gasteiger partial charge in [-0.05, 0) is 62.0 Å². The summed E-state index contributed by atoms with van der Waals surface area (Å²) in [6, 6.07) is 5.60. The van der Waals surface area contributed by atoms with Crippen molar-refractivity contribution in [2.24, 2.45) is 17.3 Å². The van der Waals surface area contributed by atoms with Crippen molar-refractivity contribution in [3.63, 3.8) is 0 Å². The van der Waals surface area contributed by atoms with Crippen LogP contribution in [0.5, 0.6) is 0 Å². The van der Waals surface area contributed by atoms with Gasteiger partial charge in [0.15, 0.2) is 0 Å². The first-order valence-electron chi connectivity index (χ1n) is 15.3. The normalized spacial score (nSPS) is 20.7. The van der Waals surface area contributed by atoms with Crippen LogP contribution in [0.25, 0.3) is 10.9 Å². The second kappa shape index (κ2) is 14.3. The number of nitrogens with one attached hydrogen (secondary N) is 1. The fourth-order valence-corrected chi connectivity index (χ4v) is 6.27. The van der Waals surface area contributed by atoms with E-state index in [1.807, 2.05) is 42.9 Å². The zero-order chi connectivity index (χ0) is 30.4. The Kier molecular flexibility index (Phi) is 11.6. The lowest BCUT2D eigenvalue weighted by atomic mass is 9.80. The smallest absolute Gasteiger partial charge is 0.409 e. The summed E-state index contributed by atoms with van der Waals surface area (Å²) in [6.45, 7) is 17.3. The number of aliphatic hydroxyl groups is 1. The molecule has 41 heavy (non-hydrogen) atoms. The summed E-state index contributed by atoms with van der Waals surface area (Å²) >= 11 is 0. The van der Waals surface area contributed by atoms with Gasteiger partial charge in [-0.15, -0.1) is 0 Å². The second-order valence-corrected chi connectivity index (χ2v) is 13.3. The van der Waals surface area contributed by atoms with Gasteiger partial charge in [0.2, 0.25) is 0 Å². The third kappa shape index (κ3) is 8.43. The number of hydrogen-bond acceptors (Lipinski definition) is 6. The van der Waals surface area contributed by atoms with E-state index < -0.39 is 17.9 Å². The molecular weight excluding hydrogens is 520 g/mol. The fraction of sp³-hybridized carbons (Fsp3) is 0.750. The molecule has 1 aromatic carbocycles. The highest BCUT2D eigenvalue weighted by Gasteiger charge is 2.51. The lowest BCUT2D eigenvalue weighted by molar-refractivity contribution is -0.0659. The molecule has 3 rings (SSSR count). The Morgan fingerprint density at radius 3 is 2.63 bits per heavy atom. The molecule has 1 fully saturated rings. The molecule has 0 saturated carbocycles. The van der Waals surface area contributed by atoms with Crippen LogP contribution in [0.15, 0.2) is 24.4 Å². The number of methoxy groups -OCH3 is 1. The summed E-state index contributed by atoms with van der Waals surface area (Å²) in [4.78, 5) is 14.0. The number of fused-ring (bicyclic) bond motifs is 1. The van der Waals surface area contributed by atoms with Gasteiger partial charge in [-0.25, -0.2) is 4.79 Å². The van der Waals surface area contributed by atoms with Crippen LogP contribution in [0.4, 0.5) is 4.79 Å². The molecule has 1 saturated heterocycles. The predicted molar refractivity (Wildman–Crippen MR) is 163 cm³/mol. The maximum Gasteiger partial charge on any atom is 0.409 e. The zero-order valence-electron chi connectivity index (χ0n) is 26.5. The Morgan fingerprint density at radius 2 is 2.00 bits per heavy atom. The summed E-state index contributed by atoms with van der Waals surface area (Å²) < 4.78 is 13.5. The average Bonchev–Trinajstić information content (AvgIpc) is 3.41. The van der Waals surface area contributed by atoms with Gasteiger partial charge in [-0.3, -0.25) is 9.58 Å². The molecule has 9 heteroatoms. The molecule has 0 spiro atoms. The molecule has 0 bridgehead atoms. The minimum Gasteiger partial charge on any atom is -0.465 e. The van der Waals surface area contributed by atoms with E-state index in [1.165, 1.54) is 17.7 Å². The van der Waals surface area contributed by atoms with Crippen LogP contribution < -0.4 is 5.32 Å². The van der Waals surface area contributed by atoms with Crippen molar-refractivity contribution in [3.05, 3.63) is 30.0 Å². The van der Waals surface area contributed by atoms with Crippen molar-refractivity contribution in [2.45, 2.75) is 111 Å². The number of rotatable bonds is 16. The van der Waals surface area contributed by atoms with E-state index in [0.29, 0.717) is 19.6 Å². The molecule has 0 radical (unpaired) electrons. The molecule has 1 amide bonds. The van der Waals surface area contributed by atoms with Gasteiger partial charge in [-0.1, -0.05) is 59.6 Å². The molecular formula is C32H54N4O5. The molecule has 1 aromatic heterocycles. The average molecular weight is 575 g/mol. The number of unbranched alkanes of at least 4 members (excludes halogenated alkanes) is 1. The van der Waals surface area contributed by atoms with Crippen LogP contribution in [0.1, 0.15) is 92.2 Å². The minimum atomic E-state index is -0.996. The van der Waals surface area contributed by atoms with Crippen LogP contribution in [0, 0.1) is 17.3 Å². The van der Waals surface area contributed by atoms with Crippen LogP contribution in [0.3, 0.4) is 0 Å². The molecule has 2 heterocycles. The quantitative estimate of drug-likeness (QED) is 0.209. The number of benzene rings is 1. The van der Waals surface area contributed by atoms with E-state index in [1.54, 1.807) is 7.11 Å². The SMILES string of the molecule is CCCCC(C)(C)CNCC1OC(C)(C)N(C(=O)O)C1C[C@@H](C(C)C)C(O)c1ccc2cnn(CCCOC)c2c1. The van der Waals surface area contributed by atoms with Crippen molar-refractivity contribution in [1.82, 2.24) is 20.0 Å². The maximum absolute atomic E-state index is 12.5. The summed E-state index contributed by atoms with van der Waals surface area (Å²) in [7, 11) is 1.69. The third-order valence-corrected chi connectivity index (χ3v) is 8.65. The Morgan fingerprint density at radius 1 is 1.27 bits per heavy atom. The van der Waals surface area contributed by atoms with Gasteiger partial charge >= 0.3 is 6.09 Å². The number of aliphatic hydroxyl groups excluding tert-OH is 1. The number of ether oxygens (including phenoxy) is 2. The van der Waals surface area contributed by atoms with Gasteiger partial charge in [0, 0.05) is 38.7 Å². The highest BCUT2D eigenvalue weighted by atomic mass is 16.6. The van der Waals surface area contributed by atoms with E-state index in [0.717, 1.165) is 42.4 Å². The molecule has 4 atom stereocenters. The summed E-state index contributed by atoms with van der Waals surface area (Å²) in [6.07, 6.45) is 4.60. The highest BCUT2D eigenvalue weighted by molar-refractivity contribution is 5.79. The highest BCUT2D eigenvalue weighted by Crippen LogP contribution is 2.40. The molecule has 2 aromatic rings. The van der Waals surface area contributed by atoms with E-state index >= 15 is 0 Å². The van der Waals surface area contributed by atoms with E-state index in [9.17, 15) is 15.0 Å². The number of nitrogens with zero attached hydrogens (tertiary/aromatic N) is 3. The van der Waals surface area contributed by atoms with Gasteiger partial charge in [-0.2, -0.15) is 5.10 Å². The van der Waals surface area contributed by atoms with Crippen molar-refractivity contribution in [2.75, 3.05) is 26.8 Å². The molecule has 3 N–H and O–H groups in total. The minimum absolute atomic E-state index is 0.119. The predicted octanol–water partition coefficient (Wildman–Crippen LogP) is 6.06. The standard InChI is InChI=1S/C32H54N4O5/c1-9-10-14-31(4,5)21-33-20-28-27(36(30(38)39)32(6,7)41-28)18-25(22(2)3)29(37)23-12-13-24-19-34-35(26(24)17-23)15-11-16-40-8/h12-13,17,19,22,25,27-29,33,37H,9-11,14-16,18,20-21H2,1-8H3,(H,38,39)/t25-,27?,28?,29?/m0/s1. The van der Waals surface area contributed by atoms with Crippen LogP contribution in [0.2, 0.25) is 0 Å². The Balaban J connectivity index is 1.83.